The molecule has 2 aromatic carbocycles. The van der Waals surface area contributed by atoms with E-state index in [0.717, 1.165) is 11.1 Å². The van der Waals surface area contributed by atoms with E-state index in [-0.39, 0.29) is 13.4 Å². The predicted octanol–water partition coefficient (Wildman–Crippen LogP) is 2.78. The van der Waals surface area contributed by atoms with Crippen molar-refractivity contribution in [3.63, 3.8) is 0 Å². The van der Waals surface area contributed by atoms with Gasteiger partial charge in [0.05, 0.1) is 26.9 Å². The molecule has 0 fully saturated rings. The molecule has 0 aliphatic carbocycles. The lowest BCUT2D eigenvalue weighted by molar-refractivity contribution is -0.136. The number of benzene rings is 2. The second kappa shape index (κ2) is 6.51. The zero-order chi connectivity index (χ0) is 20.1. The number of esters is 1. The molecule has 8 nitrogen and oxygen atoms in total. The molecule has 1 atom stereocenters. The molecule has 0 radical (unpaired) electrons. The summed E-state index contributed by atoms with van der Waals surface area (Å²) in [7, 11) is 4.64. The molecule has 29 heavy (non-hydrogen) atoms. The fraction of sp³-hybridized carbons (Fsp3) is 0.286. The number of carbonyl (C=O) groups excluding carboxylic acids is 1. The molecular weight excluding hydrogens is 380 g/mol. The van der Waals surface area contributed by atoms with Crippen molar-refractivity contribution >= 4 is 5.97 Å². The van der Waals surface area contributed by atoms with Crippen molar-refractivity contribution in [3.8, 4) is 34.5 Å². The fourth-order valence-corrected chi connectivity index (χ4v) is 3.92. The maximum Gasteiger partial charge on any atom is 0.339 e. The average molecular weight is 398 g/mol. The van der Waals surface area contributed by atoms with E-state index in [0.29, 0.717) is 45.8 Å². The number of carbonyl (C=O) groups is 1. The number of rotatable bonds is 4. The number of cyclic esters (lactones) is 1. The van der Waals surface area contributed by atoms with E-state index in [9.17, 15) is 4.79 Å². The molecule has 0 N–H and O–H groups in total. The maximum atomic E-state index is 12.6. The summed E-state index contributed by atoms with van der Waals surface area (Å²) in [6, 6.07) is 7.25. The van der Waals surface area contributed by atoms with Crippen molar-refractivity contribution in [1.82, 2.24) is 0 Å². The standard InChI is InChI=1S/C21H18O8/c1-23-15-4-10(5-16(24-2)20(15)25-3)18-11-6-13-14(28-9-27-13)7-12(11)29-17-8-26-21(22)19(17)18/h4-7,18H,8-9H2,1-3H3/t18-/m0/s1. The van der Waals surface area contributed by atoms with Crippen molar-refractivity contribution in [3.05, 3.63) is 46.7 Å². The van der Waals surface area contributed by atoms with Crippen LogP contribution in [-0.2, 0) is 9.53 Å². The Kier molecular flexibility index (Phi) is 3.94. The van der Waals surface area contributed by atoms with E-state index >= 15 is 0 Å². The minimum Gasteiger partial charge on any atom is -0.493 e. The summed E-state index contributed by atoms with van der Waals surface area (Å²) in [4.78, 5) is 12.6. The molecule has 0 saturated carbocycles. The van der Waals surface area contributed by atoms with E-state index in [4.69, 9.17) is 33.2 Å². The van der Waals surface area contributed by atoms with Crippen LogP contribution in [0.3, 0.4) is 0 Å². The molecule has 2 aromatic rings. The Morgan fingerprint density at radius 2 is 1.55 bits per heavy atom. The van der Waals surface area contributed by atoms with Gasteiger partial charge in [-0.15, -0.1) is 0 Å². The van der Waals surface area contributed by atoms with Gasteiger partial charge in [-0.25, -0.2) is 4.79 Å². The molecule has 8 heteroatoms. The third-order valence-electron chi connectivity index (χ3n) is 5.21. The number of methoxy groups -OCH3 is 3. The summed E-state index contributed by atoms with van der Waals surface area (Å²) >= 11 is 0. The van der Waals surface area contributed by atoms with Crippen LogP contribution < -0.4 is 28.4 Å². The summed E-state index contributed by atoms with van der Waals surface area (Å²) < 4.78 is 38.6. The van der Waals surface area contributed by atoms with Gasteiger partial charge in [0.1, 0.15) is 12.4 Å². The average Bonchev–Trinajstić information content (AvgIpc) is 3.35. The lowest BCUT2D eigenvalue weighted by Crippen LogP contribution is -2.18. The zero-order valence-electron chi connectivity index (χ0n) is 16.1. The maximum absolute atomic E-state index is 12.6. The van der Waals surface area contributed by atoms with Gasteiger partial charge in [-0.2, -0.15) is 0 Å². The van der Waals surface area contributed by atoms with Gasteiger partial charge in [0.2, 0.25) is 12.5 Å². The minimum absolute atomic E-state index is 0.0863. The molecule has 3 heterocycles. The SMILES string of the molecule is COc1cc([C@@H]2C3=C(COC3=O)Oc3cc4c(cc32)OCO4)cc(OC)c1OC. The molecule has 0 amide bonds. The van der Waals surface area contributed by atoms with Crippen molar-refractivity contribution in [2.24, 2.45) is 0 Å². The third-order valence-corrected chi connectivity index (χ3v) is 5.21. The van der Waals surface area contributed by atoms with E-state index < -0.39 is 11.9 Å². The van der Waals surface area contributed by atoms with Crippen molar-refractivity contribution in [2.75, 3.05) is 34.7 Å². The van der Waals surface area contributed by atoms with Crippen LogP contribution in [0.25, 0.3) is 0 Å². The Bertz CT molecular complexity index is 1030. The molecule has 3 aliphatic rings. The predicted molar refractivity (Wildman–Crippen MR) is 99.1 cm³/mol. The number of fused-ring (bicyclic) bond motifs is 2. The van der Waals surface area contributed by atoms with Crippen LogP contribution in [-0.4, -0.2) is 40.7 Å². The van der Waals surface area contributed by atoms with Gasteiger partial charge < -0.3 is 33.2 Å². The first-order valence-electron chi connectivity index (χ1n) is 8.96. The molecule has 0 bridgehead atoms. The van der Waals surface area contributed by atoms with Gasteiger partial charge >= 0.3 is 5.97 Å². The smallest absolute Gasteiger partial charge is 0.339 e. The first-order valence-corrected chi connectivity index (χ1v) is 8.96. The van der Waals surface area contributed by atoms with Crippen LogP contribution in [0.5, 0.6) is 34.5 Å². The Hall–Kier alpha value is -3.55. The van der Waals surface area contributed by atoms with Gasteiger partial charge in [-0.1, -0.05) is 0 Å². The first-order chi connectivity index (χ1) is 14.1. The highest BCUT2D eigenvalue weighted by molar-refractivity contribution is 5.95. The monoisotopic (exact) mass is 398 g/mol. The zero-order valence-corrected chi connectivity index (χ0v) is 16.1. The molecule has 0 aromatic heterocycles. The van der Waals surface area contributed by atoms with Crippen LogP contribution in [0.2, 0.25) is 0 Å². The normalized spacial score (nSPS) is 18.6. The number of ether oxygens (including phenoxy) is 7. The lowest BCUT2D eigenvalue weighted by atomic mass is 9.82. The van der Waals surface area contributed by atoms with Gasteiger partial charge in [-0.3, -0.25) is 0 Å². The largest absolute Gasteiger partial charge is 0.493 e. The Labute approximate surface area is 166 Å². The van der Waals surface area contributed by atoms with Crippen LogP contribution in [0.1, 0.15) is 17.0 Å². The number of hydrogen-bond acceptors (Lipinski definition) is 8. The fourth-order valence-electron chi connectivity index (χ4n) is 3.92. The van der Waals surface area contributed by atoms with E-state index in [1.807, 2.05) is 18.2 Å². The van der Waals surface area contributed by atoms with Crippen molar-refractivity contribution in [1.29, 1.82) is 0 Å². The van der Waals surface area contributed by atoms with Crippen molar-refractivity contribution in [2.45, 2.75) is 5.92 Å². The van der Waals surface area contributed by atoms with Crippen LogP contribution >= 0.6 is 0 Å². The second-order valence-electron chi connectivity index (χ2n) is 6.65. The Balaban J connectivity index is 1.74. The molecule has 3 aliphatic heterocycles. The molecule has 0 saturated heterocycles. The molecule has 0 spiro atoms. The quantitative estimate of drug-likeness (QED) is 0.728. The highest BCUT2D eigenvalue weighted by atomic mass is 16.7. The highest BCUT2D eigenvalue weighted by Crippen LogP contribution is 2.52. The number of hydrogen-bond donors (Lipinski definition) is 0. The summed E-state index contributed by atoms with van der Waals surface area (Å²) in [6.07, 6.45) is 0. The molecule has 150 valence electrons. The second-order valence-corrected chi connectivity index (χ2v) is 6.65. The Morgan fingerprint density at radius 3 is 2.21 bits per heavy atom. The summed E-state index contributed by atoms with van der Waals surface area (Å²) in [5.41, 5.74) is 1.99. The third kappa shape index (κ3) is 2.55. The lowest BCUT2D eigenvalue weighted by Gasteiger charge is -2.27. The summed E-state index contributed by atoms with van der Waals surface area (Å²) in [5.74, 6) is 2.86. The van der Waals surface area contributed by atoms with Gasteiger partial charge in [0.15, 0.2) is 28.8 Å². The van der Waals surface area contributed by atoms with Crippen LogP contribution in [0.15, 0.2) is 35.6 Å². The summed E-state index contributed by atoms with van der Waals surface area (Å²) in [6.45, 7) is 0.227. The summed E-state index contributed by atoms with van der Waals surface area (Å²) in [5, 5.41) is 0. The topological polar surface area (TPSA) is 81.7 Å². The Morgan fingerprint density at radius 1 is 0.862 bits per heavy atom. The van der Waals surface area contributed by atoms with Gasteiger partial charge in [0.25, 0.3) is 0 Å². The highest BCUT2D eigenvalue weighted by Gasteiger charge is 2.41. The molecule has 0 unspecified atom stereocenters. The van der Waals surface area contributed by atoms with E-state index in [2.05, 4.69) is 0 Å². The minimum atomic E-state index is -0.452. The molecular formula is C21H18O8. The van der Waals surface area contributed by atoms with E-state index in [1.54, 1.807) is 27.4 Å². The van der Waals surface area contributed by atoms with E-state index in [1.165, 1.54) is 0 Å². The van der Waals surface area contributed by atoms with Gasteiger partial charge in [0, 0.05) is 17.5 Å². The molecule has 5 rings (SSSR count). The van der Waals surface area contributed by atoms with Crippen LogP contribution in [0, 0.1) is 0 Å². The van der Waals surface area contributed by atoms with Crippen molar-refractivity contribution < 1.29 is 38.0 Å². The first kappa shape index (κ1) is 17.5. The van der Waals surface area contributed by atoms with Gasteiger partial charge in [-0.05, 0) is 23.8 Å². The van der Waals surface area contributed by atoms with Crippen LogP contribution in [0.4, 0.5) is 0 Å².